The van der Waals surface area contributed by atoms with Crippen molar-refractivity contribution in [1.82, 2.24) is 9.97 Å². The zero-order valence-corrected chi connectivity index (χ0v) is 10.7. The van der Waals surface area contributed by atoms with E-state index in [4.69, 9.17) is 22.1 Å². The average Bonchev–Trinajstić information content (AvgIpc) is 2.19. The van der Waals surface area contributed by atoms with Crippen molar-refractivity contribution in [2.45, 2.75) is 25.8 Å². The minimum absolute atomic E-state index is 0.162. The number of nitrogens with one attached hydrogen (secondary N) is 1. The Hall–Kier alpha value is -1.56. The van der Waals surface area contributed by atoms with E-state index in [9.17, 15) is 4.79 Å². The fraction of sp³-hybridized carbons (Fsp3) is 0.500. The van der Waals surface area contributed by atoms with Crippen LogP contribution in [0.1, 0.15) is 20.3 Å². The molecule has 0 unspecified atom stereocenters. The van der Waals surface area contributed by atoms with E-state index >= 15 is 0 Å². The monoisotopic (exact) mass is 258 g/mol. The summed E-state index contributed by atoms with van der Waals surface area (Å²) in [6.45, 7) is 3.64. The van der Waals surface area contributed by atoms with Gasteiger partial charge in [0, 0.05) is 12.0 Å². The van der Waals surface area contributed by atoms with E-state index in [-0.39, 0.29) is 12.4 Å². The average molecular weight is 259 g/mol. The smallest absolute Gasteiger partial charge is 0.318 e. The van der Waals surface area contributed by atoms with Gasteiger partial charge in [-0.15, -0.1) is 0 Å². The quantitative estimate of drug-likeness (QED) is 0.828. The first-order chi connectivity index (χ1) is 7.84. The number of hydrogen-bond donors (Lipinski definition) is 2. The molecule has 1 rings (SSSR count). The van der Waals surface area contributed by atoms with E-state index < -0.39 is 11.4 Å². The minimum atomic E-state index is -0.547. The third-order valence-corrected chi connectivity index (χ3v) is 2.25. The third-order valence-electron chi connectivity index (χ3n) is 1.98. The lowest BCUT2D eigenvalue weighted by Crippen LogP contribution is -2.36. The van der Waals surface area contributed by atoms with Crippen molar-refractivity contribution < 1.29 is 9.53 Å². The summed E-state index contributed by atoms with van der Waals surface area (Å²) in [6, 6.07) is 0.201. The molecule has 0 aliphatic rings. The minimum Gasteiger partial charge on any atom is -0.467 e. The molecule has 94 valence electrons. The Morgan fingerprint density at radius 1 is 1.65 bits per heavy atom. The van der Waals surface area contributed by atoms with Gasteiger partial charge in [-0.05, 0) is 13.8 Å². The van der Waals surface area contributed by atoms with E-state index in [0.29, 0.717) is 10.8 Å². The van der Waals surface area contributed by atoms with Crippen LogP contribution < -0.4 is 15.8 Å². The predicted molar refractivity (Wildman–Crippen MR) is 65.1 cm³/mol. The van der Waals surface area contributed by atoms with Crippen LogP contribution in [0.3, 0.4) is 0 Å². The van der Waals surface area contributed by atoms with E-state index in [1.807, 2.05) is 13.8 Å². The molecule has 1 aromatic rings. The van der Waals surface area contributed by atoms with E-state index in [2.05, 4.69) is 15.3 Å². The number of ether oxygens (including phenoxy) is 1. The summed E-state index contributed by atoms with van der Waals surface area (Å²) >= 11 is 5.94. The first-order valence-corrected chi connectivity index (χ1v) is 5.35. The Balaban J connectivity index is 2.89. The molecule has 0 fully saturated rings. The number of amides is 1. The van der Waals surface area contributed by atoms with Crippen LogP contribution in [0.15, 0.2) is 6.20 Å². The van der Waals surface area contributed by atoms with Gasteiger partial charge in [0.1, 0.15) is 5.02 Å². The summed E-state index contributed by atoms with van der Waals surface area (Å²) in [6.07, 6.45) is 1.59. The summed E-state index contributed by atoms with van der Waals surface area (Å²) in [5.41, 5.74) is 4.61. The van der Waals surface area contributed by atoms with Gasteiger partial charge in [0.15, 0.2) is 5.82 Å². The van der Waals surface area contributed by atoms with Gasteiger partial charge in [0.25, 0.3) is 0 Å². The first kappa shape index (κ1) is 13.5. The molecule has 0 aliphatic carbocycles. The second-order valence-electron chi connectivity index (χ2n) is 4.21. The van der Waals surface area contributed by atoms with Gasteiger partial charge < -0.3 is 15.8 Å². The molecule has 0 spiro atoms. The summed E-state index contributed by atoms with van der Waals surface area (Å²) in [5, 5.41) is 3.38. The van der Waals surface area contributed by atoms with Gasteiger partial charge in [0.2, 0.25) is 5.91 Å². The number of nitrogens with zero attached hydrogens (tertiary/aromatic N) is 2. The molecule has 6 nitrogen and oxygen atoms in total. The molecule has 17 heavy (non-hydrogen) atoms. The van der Waals surface area contributed by atoms with E-state index in [0.717, 1.165) is 0 Å². The molecule has 0 saturated carbocycles. The highest BCUT2D eigenvalue weighted by molar-refractivity contribution is 6.32. The summed E-state index contributed by atoms with van der Waals surface area (Å²) in [7, 11) is 1.46. The fourth-order valence-corrected chi connectivity index (χ4v) is 1.48. The number of anilines is 1. The highest BCUT2D eigenvalue weighted by Crippen LogP contribution is 2.24. The maximum atomic E-state index is 10.9. The van der Waals surface area contributed by atoms with Gasteiger partial charge >= 0.3 is 6.01 Å². The second kappa shape index (κ2) is 5.18. The Kier molecular flexibility index (Phi) is 4.11. The van der Waals surface area contributed by atoms with Crippen molar-refractivity contribution in [3.63, 3.8) is 0 Å². The fourth-order valence-electron chi connectivity index (χ4n) is 1.34. The van der Waals surface area contributed by atoms with E-state index in [1.165, 1.54) is 13.3 Å². The third kappa shape index (κ3) is 4.07. The summed E-state index contributed by atoms with van der Waals surface area (Å²) in [5.74, 6) is 0.00408. The molecular formula is C10H15ClN4O2. The Morgan fingerprint density at radius 3 is 2.82 bits per heavy atom. The number of primary amides is 1. The van der Waals surface area contributed by atoms with E-state index in [1.54, 1.807) is 0 Å². The van der Waals surface area contributed by atoms with Gasteiger partial charge in [-0.25, -0.2) is 4.98 Å². The van der Waals surface area contributed by atoms with Gasteiger partial charge in [-0.1, -0.05) is 11.6 Å². The van der Waals surface area contributed by atoms with Crippen LogP contribution in [0.5, 0.6) is 6.01 Å². The lowest BCUT2D eigenvalue weighted by molar-refractivity contribution is -0.118. The van der Waals surface area contributed by atoms with Crippen LogP contribution in [0, 0.1) is 0 Å². The summed E-state index contributed by atoms with van der Waals surface area (Å²) in [4.78, 5) is 18.8. The zero-order valence-electron chi connectivity index (χ0n) is 9.95. The Morgan fingerprint density at radius 2 is 2.29 bits per heavy atom. The molecule has 7 heteroatoms. The molecule has 3 N–H and O–H groups in total. The number of carbonyl (C=O) groups excluding carboxylic acids is 1. The second-order valence-corrected chi connectivity index (χ2v) is 4.61. The zero-order chi connectivity index (χ0) is 13.1. The number of carbonyl (C=O) groups is 1. The maximum Gasteiger partial charge on any atom is 0.318 e. The molecular weight excluding hydrogens is 244 g/mol. The molecule has 0 bridgehead atoms. The molecule has 1 amide bonds. The van der Waals surface area contributed by atoms with Crippen molar-refractivity contribution in [1.29, 1.82) is 0 Å². The normalized spacial score (nSPS) is 11.1. The highest BCUT2D eigenvalue weighted by Gasteiger charge is 2.22. The lowest BCUT2D eigenvalue weighted by Gasteiger charge is -2.25. The SMILES string of the molecule is COc1ncc(Cl)c(NC(C)(C)CC(N)=O)n1. The van der Waals surface area contributed by atoms with Crippen LogP contribution >= 0.6 is 11.6 Å². The first-order valence-electron chi connectivity index (χ1n) is 4.97. The van der Waals surface area contributed by atoms with Crippen molar-refractivity contribution in [2.75, 3.05) is 12.4 Å². The van der Waals surface area contributed by atoms with Gasteiger partial charge in [0.05, 0.1) is 13.3 Å². The predicted octanol–water partition coefficient (Wildman–Crippen LogP) is 1.20. The molecule has 0 saturated heterocycles. The number of nitrogens with two attached hydrogens (primary N) is 1. The van der Waals surface area contributed by atoms with Crippen LogP contribution in [0.25, 0.3) is 0 Å². The highest BCUT2D eigenvalue weighted by atomic mass is 35.5. The molecule has 0 radical (unpaired) electrons. The summed E-state index contributed by atoms with van der Waals surface area (Å²) < 4.78 is 4.89. The molecule has 0 aliphatic heterocycles. The number of methoxy groups -OCH3 is 1. The van der Waals surface area contributed by atoms with Crippen LogP contribution in [-0.4, -0.2) is 28.5 Å². The van der Waals surface area contributed by atoms with Gasteiger partial charge in [-0.2, -0.15) is 4.98 Å². The number of rotatable bonds is 5. The Bertz CT molecular complexity index is 423. The number of aromatic nitrogens is 2. The molecule has 1 heterocycles. The van der Waals surface area contributed by atoms with Crippen molar-refractivity contribution in [2.24, 2.45) is 5.73 Å². The number of hydrogen-bond acceptors (Lipinski definition) is 5. The van der Waals surface area contributed by atoms with Crippen molar-refractivity contribution >= 4 is 23.3 Å². The number of halogens is 1. The van der Waals surface area contributed by atoms with Gasteiger partial charge in [-0.3, -0.25) is 4.79 Å². The molecule has 0 atom stereocenters. The van der Waals surface area contributed by atoms with Crippen molar-refractivity contribution in [3.05, 3.63) is 11.2 Å². The topological polar surface area (TPSA) is 90.1 Å². The van der Waals surface area contributed by atoms with Crippen molar-refractivity contribution in [3.8, 4) is 6.01 Å². The van der Waals surface area contributed by atoms with Crippen LogP contribution in [0.4, 0.5) is 5.82 Å². The largest absolute Gasteiger partial charge is 0.467 e. The van der Waals surface area contributed by atoms with Crippen LogP contribution in [-0.2, 0) is 4.79 Å². The van der Waals surface area contributed by atoms with Crippen LogP contribution in [0.2, 0.25) is 5.02 Å². The Labute approximate surface area is 105 Å². The standard InChI is InChI=1S/C10H15ClN4O2/c1-10(2,4-7(12)16)15-8-6(11)5-13-9(14-8)17-3/h5H,4H2,1-3H3,(H2,12,16)(H,13,14,15). The maximum absolute atomic E-state index is 10.9. The lowest BCUT2D eigenvalue weighted by atomic mass is 10.0. The molecule has 1 aromatic heterocycles. The molecule has 0 aromatic carbocycles.